The topological polar surface area (TPSA) is 61.3 Å². The molecule has 4 heterocycles. The molecule has 2 aliphatic rings. The lowest BCUT2D eigenvalue weighted by Gasteiger charge is -2.35. The zero-order valence-corrected chi connectivity index (χ0v) is 15.2. The molecule has 0 spiro atoms. The van der Waals surface area contributed by atoms with E-state index in [0.29, 0.717) is 5.02 Å². The molecule has 0 aliphatic carbocycles. The number of piperazine rings is 1. The minimum Gasteiger partial charge on any atom is -0.356 e. The predicted octanol–water partition coefficient (Wildman–Crippen LogP) is 2.16. The van der Waals surface area contributed by atoms with E-state index in [1.165, 1.54) is 12.8 Å². The van der Waals surface area contributed by atoms with Gasteiger partial charge in [-0.25, -0.2) is 19.9 Å². The van der Waals surface area contributed by atoms with Crippen LogP contribution < -0.4 is 14.7 Å². The van der Waals surface area contributed by atoms with Crippen LogP contribution in [0.25, 0.3) is 0 Å². The fourth-order valence-corrected chi connectivity index (χ4v) is 3.51. The zero-order chi connectivity index (χ0) is 17.2. The second-order valence-corrected chi connectivity index (χ2v) is 6.94. The molecule has 0 aromatic carbocycles. The number of halogens is 1. The average molecular weight is 360 g/mol. The van der Waals surface area contributed by atoms with Gasteiger partial charge in [-0.15, -0.1) is 0 Å². The van der Waals surface area contributed by atoms with Crippen molar-refractivity contribution in [1.29, 1.82) is 0 Å². The summed E-state index contributed by atoms with van der Waals surface area (Å²) in [7, 11) is 0. The minimum absolute atomic E-state index is 0.563. The van der Waals surface area contributed by atoms with Gasteiger partial charge in [0.2, 0.25) is 5.95 Å². The van der Waals surface area contributed by atoms with E-state index in [9.17, 15) is 0 Å². The third-order valence-electron chi connectivity index (χ3n) is 4.73. The lowest BCUT2D eigenvalue weighted by Crippen LogP contribution is -2.47. The van der Waals surface area contributed by atoms with E-state index < -0.39 is 0 Å². The van der Waals surface area contributed by atoms with E-state index in [4.69, 9.17) is 11.6 Å². The molecule has 0 N–H and O–H groups in total. The van der Waals surface area contributed by atoms with Crippen LogP contribution >= 0.6 is 11.6 Å². The van der Waals surface area contributed by atoms with Crippen LogP contribution in [0.15, 0.2) is 18.5 Å². The molecule has 0 unspecified atom stereocenters. The summed E-state index contributed by atoms with van der Waals surface area (Å²) in [5.74, 6) is 3.65. The van der Waals surface area contributed by atoms with Crippen LogP contribution in [-0.4, -0.2) is 59.2 Å². The maximum Gasteiger partial charge on any atom is 0.225 e. The fourth-order valence-electron chi connectivity index (χ4n) is 3.41. The summed E-state index contributed by atoms with van der Waals surface area (Å²) < 4.78 is 0. The van der Waals surface area contributed by atoms with Gasteiger partial charge in [0.25, 0.3) is 0 Å². The van der Waals surface area contributed by atoms with E-state index in [0.717, 1.165) is 62.7 Å². The number of aryl methyl sites for hydroxylation is 1. The van der Waals surface area contributed by atoms with Gasteiger partial charge in [-0.2, -0.15) is 0 Å². The van der Waals surface area contributed by atoms with Crippen LogP contribution in [0.4, 0.5) is 17.6 Å². The normalized spacial score (nSPS) is 18.1. The van der Waals surface area contributed by atoms with Gasteiger partial charge in [0.1, 0.15) is 17.5 Å². The van der Waals surface area contributed by atoms with Crippen LogP contribution in [-0.2, 0) is 0 Å². The number of aromatic nitrogens is 4. The molecule has 2 aromatic rings. The lowest BCUT2D eigenvalue weighted by atomic mass is 10.3. The Morgan fingerprint density at radius 1 is 0.800 bits per heavy atom. The van der Waals surface area contributed by atoms with Gasteiger partial charge < -0.3 is 14.7 Å². The molecule has 0 atom stereocenters. The molecule has 132 valence electrons. The monoisotopic (exact) mass is 359 g/mol. The van der Waals surface area contributed by atoms with Gasteiger partial charge in [0.05, 0.1) is 17.4 Å². The molecular weight excluding hydrogens is 338 g/mol. The van der Waals surface area contributed by atoms with Crippen LogP contribution in [0.3, 0.4) is 0 Å². The molecule has 4 rings (SSSR count). The van der Waals surface area contributed by atoms with E-state index in [1.54, 1.807) is 12.4 Å². The Hall–Kier alpha value is -2.15. The summed E-state index contributed by atoms with van der Waals surface area (Å²) in [6.07, 6.45) is 5.79. The van der Waals surface area contributed by atoms with Crippen molar-refractivity contribution < 1.29 is 0 Å². The van der Waals surface area contributed by atoms with Gasteiger partial charge in [-0.3, -0.25) is 0 Å². The van der Waals surface area contributed by atoms with Crippen molar-refractivity contribution in [3.63, 3.8) is 0 Å². The van der Waals surface area contributed by atoms with Crippen LogP contribution in [0.5, 0.6) is 0 Å². The SMILES string of the molecule is Cc1nc(N2CCCC2)cc(N2CCN(c3ncc(Cl)cn3)CC2)n1. The maximum absolute atomic E-state index is 5.87. The summed E-state index contributed by atoms with van der Waals surface area (Å²) in [6, 6.07) is 2.13. The van der Waals surface area contributed by atoms with E-state index in [2.05, 4.69) is 40.7 Å². The van der Waals surface area contributed by atoms with Gasteiger partial charge in [0, 0.05) is 45.3 Å². The van der Waals surface area contributed by atoms with E-state index >= 15 is 0 Å². The van der Waals surface area contributed by atoms with Gasteiger partial charge in [-0.1, -0.05) is 11.6 Å². The summed E-state index contributed by atoms with van der Waals surface area (Å²) in [4.78, 5) is 24.8. The summed E-state index contributed by atoms with van der Waals surface area (Å²) in [5, 5.41) is 0.563. The number of anilines is 3. The number of hydrogen-bond acceptors (Lipinski definition) is 7. The second-order valence-electron chi connectivity index (χ2n) is 6.50. The molecule has 0 bridgehead atoms. The first-order valence-corrected chi connectivity index (χ1v) is 9.15. The summed E-state index contributed by atoms with van der Waals surface area (Å²) in [5.41, 5.74) is 0. The highest BCUT2D eigenvalue weighted by Crippen LogP contribution is 2.24. The third-order valence-corrected chi connectivity index (χ3v) is 4.93. The van der Waals surface area contributed by atoms with Crippen molar-refractivity contribution in [2.45, 2.75) is 19.8 Å². The number of nitrogens with zero attached hydrogens (tertiary/aromatic N) is 7. The molecule has 0 amide bonds. The van der Waals surface area contributed by atoms with Gasteiger partial charge in [0.15, 0.2) is 0 Å². The highest BCUT2D eigenvalue weighted by molar-refractivity contribution is 6.30. The first-order chi connectivity index (χ1) is 12.2. The fraction of sp³-hybridized carbons (Fsp3) is 0.529. The van der Waals surface area contributed by atoms with Crippen molar-refractivity contribution in [1.82, 2.24) is 19.9 Å². The van der Waals surface area contributed by atoms with Crippen molar-refractivity contribution in [3.05, 3.63) is 29.3 Å². The Morgan fingerprint density at radius 3 is 1.92 bits per heavy atom. The molecule has 2 fully saturated rings. The molecular formula is C17H22ClN7. The first kappa shape index (κ1) is 16.3. The van der Waals surface area contributed by atoms with Crippen molar-refractivity contribution in [3.8, 4) is 0 Å². The second kappa shape index (κ2) is 7.00. The zero-order valence-electron chi connectivity index (χ0n) is 14.4. The number of rotatable bonds is 3. The Kier molecular flexibility index (Phi) is 4.57. The smallest absolute Gasteiger partial charge is 0.225 e. The molecule has 0 saturated carbocycles. The lowest BCUT2D eigenvalue weighted by molar-refractivity contribution is 0.633. The standard InChI is InChI=1S/C17H22ClN7/c1-13-21-15(23-4-2-3-5-23)10-16(22-13)24-6-8-25(9-7-24)17-19-11-14(18)12-20-17/h10-12H,2-9H2,1H3. The maximum atomic E-state index is 5.87. The van der Waals surface area contributed by atoms with Gasteiger partial charge in [-0.05, 0) is 19.8 Å². The van der Waals surface area contributed by atoms with Crippen molar-refractivity contribution >= 4 is 29.2 Å². The Labute approximate surface area is 152 Å². The molecule has 7 nitrogen and oxygen atoms in total. The summed E-state index contributed by atoms with van der Waals surface area (Å²) >= 11 is 5.87. The predicted molar refractivity (Wildman–Crippen MR) is 99.7 cm³/mol. The molecule has 2 saturated heterocycles. The molecule has 0 radical (unpaired) electrons. The van der Waals surface area contributed by atoms with E-state index in [-0.39, 0.29) is 0 Å². The molecule has 25 heavy (non-hydrogen) atoms. The quantitative estimate of drug-likeness (QED) is 0.832. The molecule has 8 heteroatoms. The largest absolute Gasteiger partial charge is 0.356 e. The van der Waals surface area contributed by atoms with Crippen LogP contribution in [0.1, 0.15) is 18.7 Å². The van der Waals surface area contributed by atoms with Crippen molar-refractivity contribution in [2.24, 2.45) is 0 Å². The Morgan fingerprint density at radius 2 is 1.32 bits per heavy atom. The highest BCUT2D eigenvalue weighted by atomic mass is 35.5. The highest BCUT2D eigenvalue weighted by Gasteiger charge is 2.22. The van der Waals surface area contributed by atoms with Gasteiger partial charge >= 0.3 is 0 Å². The van der Waals surface area contributed by atoms with E-state index in [1.807, 2.05) is 6.92 Å². The number of hydrogen-bond donors (Lipinski definition) is 0. The van der Waals surface area contributed by atoms with Crippen LogP contribution in [0, 0.1) is 6.92 Å². The molecule has 2 aliphatic heterocycles. The van der Waals surface area contributed by atoms with Crippen molar-refractivity contribution in [2.75, 3.05) is 54.0 Å². The Bertz CT molecular complexity index is 722. The minimum atomic E-state index is 0.563. The Balaban J connectivity index is 1.46. The van der Waals surface area contributed by atoms with Crippen LogP contribution in [0.2, 0.25) is 5.02 Å². The average Bonchev–Trinajstić information content (AvgIpc) is 3.17. The first-order valence-electron chi connectivity index (χ1n) is 8.77. The summed E-state index contributed by atoms with van der Waals surface area (Å²) in [6.45, 7) is 7.67. The molecule has 2 aromatic heterocycles. The third kappa shape index (κ3) is 3.61.